The van der Waals surface area contributed by atoms with E-state index < -0.39 is 12.3 Å². The van der Waals surface area contributed by atoms with Gasteiger partial charge < -0.3 is 5.11 Å². The van der Waals surface area contributed by atoms with Crippen LogP contribution in [0.5, 0.6) is 0 Å². The number of nitrogens with zero attached hydrogens (tertiary/aromatic N) is 1. The number of alkyl halides is 1. The van der Waals surface area contributed by atoms with Crippen LogP contribution in [0.1, 0.15) is 11.7 Å². The van der Waals surface area contributed by atoms with E-state index in [9.17, 15) is 9.50 Å². The zero-order chi connectivity index (χ0) is 9.84. The minimum absolute atomic E-state index is 0.346. The average molecular weight is 200 g/mol. The Morgan fingerprint density at radius 3 is 2.38 bits per heavy atom. The van der Waals surface area contributed by atoms with Gasteiger partial charge in [-0.2, -0.15) is 5.26 Å². The SMILES string of the molecule is N#CC(F)C(O)c1ccc(Cl)cc1. The highest BCUT2D eigenvalue weighted by Gasteiger charge is 2.18. The van der Waals surface area contributed by atoms with E-state index in [1.807, 2.05) is 0 Å². The van der Waals surface area contributed by atoms with Gasteiger partial charge in [0.2, 0.25) is 6.17 Å². The summed E-state index contributed by atoms with van der Waals surface area (Å²) in [6, 6.07) is 7.36. The van der Waals surface area contributed by atoms with Crippen molar-refractivity contribution in [2.45, 2.75) is 12.3 Å². The van der Waals surface area contributed by atoms with Crippen LogP contribution in [0, 0.1) is 11.3 Å². The molecule has 0 radical (unpaired) electrons. The van der Waals surface area contributed by atoms with E-state index in [0.29, 0.717) is 10.6 Å². The maximum absolute atomic E-state index is 12.7. The molecule has 0 aliphatic carbocycles. The molecule has 4 heteroatoms. The van der Waals surface area contributed by atoms with E-state index in [-0.39, 0.29) is 0 Å². The summed E-state index contributed by atoms with van der Waals surface area (Å²) >= 11 is 5.59. The Labute approximate surface area is 80.2 Å². The quantitative estimate of drug-likeness (QED) is 0.794. The first-order chi connectivity index (χ1) is 6.15. The number of hydrogen-bond acceptors (Lipinski definition) is 2. The monoisotopic (exact) mass is 199 g/mol. The molecule has 1 aromatic carbocycles. The van der Waals surface area contributed by atoms with E-state index in [2.05, 4.69) is 0 Å². The molecule has 1 N–H and O–H groups in total. The lowest BCUT2D eigenvalue weighted by atomic mass is 10.1. The van der Waals surface area contributed by atoms with Crippen LogP contribution in [0.25, 0.3) is 0 Å². The van der Waals surface area contributed by atoms with Crippen LogP contribution in [-0.2, 0) is 0 Å². The molecule has 2 nitrogen and oxygen atoms in total. The third kappa shape index (κ3) is 2.41. The van der Waals surface area contributed by atoms with Crippen molar-refractivity contribution in [3.63, 3.8) is 0 Å². The molecule has 0 aromatic heterocycles. The van der Waals surface area contributed by atoms with Crippen molar-refractivity contribution in [3.05, 3.63) is 34.9 Å². The summed E-state index contributed by atoms with van der Waals surface area (Å²) in [7, 11) is 0. The molecule has 0 amide bonds. The third-order valence-corrected chi connectivity index (χ3v) is 1.86. The van der Waals surface area contributed by atoms with E-state index >= 15 is 0 Å². The molecule has 0 heterocycles. The van der Waals surface area contributed by atoms with Gasteiger partial charge in [0.15, 0.2) is 0 Å². The number of aliphatic hydroxyl groups is 1. The van der Waals surface area contributed by atoms with Crippen molar-refractivity contribution in [1.82, 2.24) is 0 Å². The van der Waals surface area contributed by atoms with Gasteiger partial charge >= 0.3 is 0 Å². The summed E-state index contributed by atoms with van der Waals surface area (Å²) in [5.74, 6) is 0. The summed E-state index contributed by atoms with van der Waals surface area (Å²) in [6.45, 7) is 0. The predicted molar refractivity (Wildman–Crippen MR) is 46.9 cm³/mol. The largest absolute Gasteiger partial charge is 0.384 e. The maximum Gasteiger partial charge on any atom is 0.215 e. The Hall–Kier alpha value is -1.11. The van der Waals surface area contributed by atoms with Crippen LogP contribution >= 0.6 is 11.6 Å². The van der Waals surface area contributed by atoms with Crippen molar-refractivity contribution in [1.29, 1.82) is 5.26 Å². The van der Waals surface area contributed by atoms with Crippen molar-refractivity contribution >= 4 is 11.6 Å². The summed E-state index contributed by atoms with van der Waals surface area (Å²) in [5, 5.41) is 18.0. The second-order valence-corrected chi connectivity index (χ2v) is 2.96. The molecule has 2 atom stereocenters. The third-order valence-electron chi connectivity index (χ3n) is 1.61. The minimum Gasteiger partial charge on any atom is -0.384 e. The van der Waals surface area contributed by atoms with Gasteiger partial charge in [-0.25, -0.2) is 4.39 Å². The lowest BCUT2D eigenvalue weighted by Gasteiger charge is -2.09. The number of nitriles is 1. The predicted octanol–water partition coefficient (Wildman–Crippen LogP) is 2.24. The standard InChI is InChI=1S/C9H7ClFNO/c10-7-3-1-6(2-4-7)9(13)8(11)5-12/h1-4,8-9,13H. The first kappa shape index (κ1) is 9.97. The normalized spacial score (nSPS) is 14.6. The van der Waals surface area contributed by atoms with E-state index in [4.69, 9.17) is 16.9 Å². The Bertz CT molecular complexity index is 319. The minimum atomic E-state index is -1.90. The number of aliphatic hydroxyl groups excluding tert-OH is 1. The van der Waals surface area contributed by atoms with Crippen LogP contribution in [0.15, 0.2) is 24.3 Å². The number of halogens is 2. The fourth-order valence-electron chi connectivity index (χ4n) is 0.900. The zero-order valence-electron chi connectivity index (χ0n) is 6.61. The number of hydrogen-bond donors (Lipinski definition) is 1. The average Bonchev–Trinajstić information content (AvgIpc) is 2.17. The van der Waals surface area contributed by atoms with Crippen molar-refractivity contribution in [2.75, 3.05) is 0 Å². The van der Waals surface area contributed by atoms with Crippen molar-refractivity contribution < 1.29 is 9.50 Å². The Morgan fingerprint density at radius 1 is 1.38 bits per heavy atom. The second-order valence-electron chi connectivity index (χ2n) is 2.53. The van der Waals surface area contributed by atoms with Crippen LogP contribution < -0.4 is 0 Å². The first-order valence-corrected chi connectivity index (χ1v) is 4.00. The molecule has 2 unspecified atom stereocenters. The van der Waals surface area contributed by atoms with Gasteiger partial charge in [-0.05, 0) is 17.7 Å². The summed E-state index contributed by atoms with van der Waals surface area (Å²) in [5.41, 5.74) is 0.346. The van der Waals surface area contributed by atoms with Gasteiger partial charge in [-0.15, -0.1) is 0 Å². The van der Waals surface area contributed by atoms with E-state index in [0.717, 1.165) is 0 Å². The van der Waals surface area contributed by atoms with Crippen LogP contribution in [-0.4, -0.2) is 11.3 Å². The van der Waals surface area contributed by atoms with Gasteiger partial charge in [0.05, 0.1) is 0 Å². The Balaban J connectivity index is 2.84. The van der Waals surface area contributed by atoms with E-state index in [1.54, 1.807) is 0 Å². The highest BCUT2D eigenvalue weighted by molar-refractivity contribution is 6.30. The van der Waals surface area contributed by atoms with E-state index in [1.165, 1.54) is 30.3 Å². The molecule has 68 valence electrons. The highest BCUT2D eigenvalue weighted by atomic mass is 35.5. The number of rotatable bonds is 2. The molecular formula is C9H7ClFNO. The summed E-state index contributed by atoms with van der Waals surface area (Å²) in [6.07, 6.45) is -3.30. The number of benzene rings is 1. The van der Waals surface area contributed by atoms with Gasteiger partial charge in [-0.3, -0.25) is 0 Å². The highest BCUT2D eigenvalue weighted by Crippen LogP contribution is 2.20. The molecule has 0 saturated heterocycles. The molecule has 0 aliphatic heterocycles. The van der Waals surface area contributed by atoms with Crippen molar-refractivity contribution in [2.24, 2.45) is 0 Å². The molecule has 0 spiro atoms. The summed E-state index contributed by atoms with van der Waals surface area (Å²) in [4.78, 5) is 0. The second kappa shape index (κ2) is 4.22. The zero-order valence-corrected chi connectivity index (χ0v) is 7.37. The van der Waals surface area contributed by atoms with Gasteiger partial charge in [0.1, 0.15) is 12.2 Å². The molecular weight excluding hydrogens is 193 g/mol. The molecule has 1 rings (SSSR count). The Kier molecular flexibility index (Phi) is 3.24. The smallest absolute Gasteiger partial charge is 0.215 e. The first-order valence-electron chi connectivity index (χ1n) is 3.62. The lowest BCUT2D eigenvalue weighted by Crippen LogP contribution is -2.10. The summed E-state index contributed by atoms with van der Waals surface area (Å²) < 4.78 is 12.7. The van der Waals surface area contributed by atoms with Gasteiger partial charge in [-0.1, -0.05) is 23.7 Å². The lowest BCUT2D eigenvalue weighted by molar-refractivity contribution is 0.107. The van der Waals surface area contributed by atoms with Crippen LogP contribution in [0.4, 0.5) is 4.39 Å². The van der Waals surface area contributed by atoms with Crippen LogP contribution in [0.2, 0.25) is 5.02 Å². The molecule has 13 heavy (non-hydrogen) atoms. The molecule has 0 bridgehead atoms. The topological polar surface area (TPSA) is 44.0 Å². The van der Waals surface area contributed by atoms with Gasteiger partial charge in [0, 0.05) is 5.02 Å². The van der Waals surface area contributed by atoms with Gasteiger partial charge in [0.25, 0.3) is 0 Å². The molecule has 0 fully saturated rings. The maximum atomic E-state index is 12.7. The molecule has 0 aliphatic rings. The molecule has 1 aromatic rings. The van der Waals surface area contributed by atoms with Crippen molar-refractivity contribution in [3.8, 4) is 6.07 Å². The molecule has 0 saturated carbocycles. The fourth-order valence-corrected chi connectivity index (χ4v) is 1.03. The Morgan fingerprint density at radius 2 is 1.92 bits per heavy atom. The fraction of sp³-hybridized carbons (Fsp3) is 0.222. The van der Waals surface area contributed by atoms with Crippen LogP contribution in [0.3, 0.4) is 0 Å².